The van der Waals surface area contributed by atoms with Gasteiger partial charge in [-0.3, -0.25) is 4.79 Å². The van der Waals surface area contributed by atoms with Crippen molar-refractivity contribution in [3.63, 3.8) is 0 Å². The highest BCUT2D eigenvalue weighted by Crippen LogP contribution is 2.20. The van der Waals surface area contributed by atoms with Gasteiger partial charge in [-0.05, 0) is 38.1 Å². The van der Waals surface area contributed by atoms with Crippen LogP contribution in [0, 0.1) is 0 Å². The maximum absolute atomic E-state index is 12.4. The lowest BCUT2D eigenvalue weighted by atomic mass is 10.2. The van der Waals surface area contributed by atoms with Crippen LogP contribution in [0.3, 0.4) is 0 Å². The van der Waals surface area contributed by atoms with Gasteiger partial charge in [0.15, 0.2) is 0 Å². The summed E-state index contributed by atoms with van der Waals surface area (Å²) < 4.78 is 11.5. The van der Waals surface area contributed by atoms with Crippen LogP contribution >= 0.6 is 0 Å². The van der Waals surface area contributed by atoms with Gasteiger partial charge >= 0.3 is 0 Å². The normalized spacial score (nSPS) is 20.0. The van der Waals surface area contributed by atoms with Gasteiger partial charge in [0.2, 0.25) is 0 Å². The number of hydrogen-bond donors (Lipinski definition) is 1. The number of rotatable bonds is 4. The lowest BCUT2D eigenvalue weighted by Crippen LogP contribution is -2.45. The summed E-state index contributed by atoms with van der Waals surface area (Å²) in [5, 5.41) is 3.91. The average molecular weight is 365 g/mol. The minimum atomic E-state index is -0.168. The Kier molecular flexibility index (Phi) is 4.81. The number of nitrogens with one attached hydrogen (secondary N) is 1. The first-order valence-electron chi connectivity index (χ1n) is 9.20. The fourth-order valence-electron chi connectivity index (χ4n) is 3.47. The van der Waals surface area contributed by atoms with Crippen LogP contribution in [0.2, 0.25) is 0 Å². The molecule has 1 aliphatic rings. The van der Waals surface area contributed by atoms with Crippen molar-refractivity contribution in [2.45, 2.75) is 32.6 Å². The monoisotopic (exact) mass is 365 g/mol. The first kappa shape index (κ1) is 17.5. The highest BCUT2D eigenvalue weighted by molar-refractivity contribution is 5.94. The van der Waals surface area contributed by atoms with Crippen LogP contribution in [-0.2, 0) is 11.3 Å². The maximum atomic E-state index is 12.4. The molecule has 0 radical (unpaired) electrons. The molecule has 6 nitrogen and oxygen atoms in total. The molecule has 1 N–H and O–H groups in total. The summed E-state index contributed by atoms with van der Waals surface area (Å²) in [6.45, 7) is 6.06. The number of ether oxygens (including phenoxy) is 1. The van der Waals surface area contributed by atoms with Crippen LogP contribution in [0.25, 0.3) is 11.0 Å². The van der Waals surface area contributed by atoms with Crippen molar-refractivity contribution in [1.29, 1.82) is 0 Å². The molecule has 27 heavy (non-hydrogen) atoms. The Labute approximate surface area is 158 Å². The third-order valence-electron chi connectivity index (χ3n) is 4.65. The molecule has 1 aromatic carbocycles. The molecule has 3 heterocycles. The number of morpholine rings is 1. The van der Waals surface area contributed by atoms with Crippen molar-refractivity contribution in [3.8, 4) is 0 Å². The summed E-state index contributed by atoms with van der Waals surface area (Å²) in [5.74, 6) is 1.43. The third kappa shape index (κ3) is 3.95. The van der Waals surface area contributed by atoms with E-state index < -0.39 is 0 Å². The lowest BCUT2D eigenvalue weighted by Gasteiger charge is -2.36. The van der Waals surface area contributed by atoms with Crippen molar-refractivity contribution in [2.24, 2.45) is 0 Å². The predicted octanol–water partition coefficient (Wildman–Crippen LogP) is 3.37. The van der Waals surface area contributed by atoms with Gasteiger partial charge in [0.05, 0.1) is 24.3 Å². The largest absolute Gasteiger partial charge is 0.459 e. The summed E-state index contributed by atoms with van der Waals surface area (Å²) in [6.07, 6.45) is 1.96. The molecule has 3 aromatic rings. The van der Waals surface area contributed by atoms with Crippen LogP contribution in [0.15, 0.2) is 53.1 Å². The number of fused-ring (bicyclic) bond motifs is 1. The highest BCUT2D eigenvalue weighted by atomic mass is 16.5. The quantitative estimate of drug-likeness (QED) is 0.768. The second kappa shape index (κ2) is 7.40. The molecule has 1 fully saturated rings. The summed E-state index contributed by atoms with van der Waals surface area (Å²) in [7, 11) is 0. The summed E-state index contributed by atoms with van der Waals surface area (Å²) in [4.78, 5) is 19.1. The fourth-order valence-corrected chi connectivity index (χ4v) is 3.47. The van der Waals surface area contributed by atoms with Gasteiger partial charge in [0.25, 0.3) is 5.91 Å². The number of carbonyl (C=O) groups is 1. The van der Waals surface area contributed by atoms with Crippen LogP contribution in [0.4, 0.5) is 5.82 Å². The Morgan fingerprint density at radius 2 is 1.96 bits per heavy atom. The van der Waals surface area contributed by atoms with E-state index in [-0.39, 0.29) is 18.1 Å². The number of hydrogen-bond acceptors (Lipinski definition) is 5. The van der Waals surface area contributed by atoms with Gasteiger partial charge in [0.1, 0.15) is 17.2 Å². The Bertz CT molecular complexity index is 892. The molecule has 0 saturated carbocycles. The smallest absolute Gasteiger partial charge is 0.253 e. The molecule has 1 saturated heterocycles. The summed E-state index contributed by atoms with van der Waals surface area (Å²) in [5.41, 5.74) is 1.35. The van der Waals surface area contributed by atoms with E-state index in [0.717, 1.165) is 35.6 Å². The second-order valence-corrected chi connectivity index (χ2v) is 7.00. The van der Waals surface area contributed by atoms with E-state index in [1.807, 2.05) is 36.4 Å². The molecule has 2 atom stereocenters. The number of amides is 1. The molecule has 1 aliphatic heterocycles. The van der Waals surface area contributed by atoms with E-state index in [0.29, 0.717) is 12.1 Å². The van der Waals surface area contributed by atoms with Gasteiger partial charge in [0, 0.05) is 24.7 Å². The molecule has 6 heteroatoms. The second-order valence-electron chi connectivity index (χ2n) is 7.00. The number of nitrogens with zero attached hydrogens (tertiary/aromatic N) is 2. The van der Waals surface area contributed by atoms with Crippen LogP contribution in [0.1, 0.15) is 30.0 Å². The van der Waals surface area contributed by atoms with E-state index in [1.165, 1.54) is 0 Å². The number of carbonyl (C=O) groups excluding carboxylic acids is 1. The summed E-state index contributed by atoms with van der Waals surface area (Å²) in [6, 6.07) is 13.4. The van der Waals surface area contributed by atoms with Crippen molar-refractivity contribution in [3.05, 3.63) is 60.0 Å². The zero-order valence-corrected chi connectivity index (χ0v) is 15.5. The van der Waals surface area contributed by atoms with Gasteiger partial charge < -0.3 is 19.4 Å². The maximum Gasteiger partial charge on any atom is 0.253 e. The SMILES string of the molecule is C[C@@H]1CN(c2ccc(C(=O)NCc3cc4ccccc4o3)cn2)C[C@H](C)O1. The van der Waals surface area contributed by atoms with E-state index >= 15 is 0 Å². The molecule has 0 spiro atoms. The van der Waals surface area contributed by atoms with Gasteiger partial charge in [-0.25, -0.2) is 4.98 Å². The number of pyridine rings is 1. The minimum absolute atomic E-state index is 0.168. The van der Waals surface area contributed by atoms with Crippen molar-refractivity contribution >= 4 is 22.7 Å². The lowest BCUT2D eigenvalue weighted by molar-refractivity contribution is -0.00546. The van der Waals surface area contributed by atoms with Crippen LogP contribution in [-0.4, -0.2) is 36.2 Å². The Balaban J connectivity index is 1.38. The zero-order chi connectivity index (χ0) is 18.8. The van der Waals surface area contributed by atoms with E-state index in [1.54, 1.807) is 12.3 Å². The van der Waals surface area contributed by atoms with Crippen molar-refractivity contribution in [2.75, 3.05) is 18.0 Å². The number of anilines is 1. The molecule has 2 aromatic heterocycles. The number of benzene rings is 1. The van der Waals surface area contributed by atoms with Gasteiger partial charge in [-0.1, -0.05) is 18.2 Å². The molecule has 0 unspecified atom stereocenters. The Morgan fingerprint density at radius 1 is 1.19 bits per heavy atom. The van der Waals surface area contributed by atoms with Gasteiger partial charge in [-0.2, -0.15) is 0 Å². The number of para-hydroxylation sites is 1. The van der Waals surface area contributed by atoms with Crippen LogP contribution in [0.5, 0.6) is 0 Å². The van der Waals surface area contributed by atoms with Gasteiger partial charge in [-0.15, -0.1) is 0 Å². The number of aromatic nitrogens is 1. The molecule has 0 aliphatic carbocycles. The predicted molar refractivity (Wildman–Crippen MR) is 104 cm³/mol. The fraction of sp³-hybridized carbons (Fsp3) is 0.333. The van der Waals surface area contributed by atoms with E-state index in [2.05, 4.69) is 29.0 Å². The minimum Gasteiger partial charge on any atom is -0.459 e. The Hall–Kier alpha value is -2.86. The average Bonchev–Trinajstić information content (AvgIpc) is 3.08. The van der Waals surface area contributed by atoms with Crippen molar-refractivity contribution < 1.29 is 13.9 Å². The topological polar surface area (TPSA) is 67.6 Å². The molecule has 140 valence electrons. The Morgan fingerprint density at radius 3 is 2.67 bits per heavy atom. The molecular weight excluding hydrogens is 342 g/mol. The summed E-state index contributed by atoms with van der Waals surface area (Å²) >= 11 is 0. The standard InChI is InChI=1S/C21H23N3O3/c1-14-12-24(13-15(2)26-14)20-8-7-17(10-22-20)21(25)23-11-18-9-16-5-3-4-6-19(16)27-18/h3-10,14-15H,11-13H2,1-2H3,(H,23,25)/t14-,15+. The highest BCUT2D eigenvalue weighted by Gasteiger charge is 2.23. The van der Waals surface area contributed by atoms with Crippen LogP contribution < -0.4 is 10.2 Å². The van der Waals surface area contributed by atoms with Crippen molar-refractivity contribution in [1.82, 2.24) is 10.3 Å². The third-order valence-corrected chi connectivity index (χ3v) is 4.65. The van der Waals surface area contributed by atoms with E-state index in [4.69, 9.17) is 9.15 Å². The number of furan rings is 1. The molecule has 1 amide bonds. The first-order chi connectivity index (χ1) is 13.1. The first-order valence-corrected chi connectivity index (χ1v) is 9.20. The molecular formula is C21H23N3O3. The zero-order valence-electron chi connectivity index (χ0n) is 15.5. The molecule has 0 bridgehead atoms. The van der Waals surface area contributed by atoms with E-state index in [9.17, 15) is 4.79 Å². The molecule has 4 rings (SSSR count).